The molecule has 2 N–H and O–H groups in total. The van der Waals surface area contributed by atoms with E-state index in [2.05, 4.69) is 15.4 Å². The van der Waals surface area contributed by atoms with Gasteiger partial charge in [-0.15, -0.1) is 0 Å². The number of alkyl halides is 2. The van der Waals surface area contributed by atoms with E-state index in [1.165, 1.54) is 13.2 Å². The van der Waals surface area contributed by atoms with Crippen LogP contribution in [0.5, 0.6) is 11.5 Å². The van der Waals surface area contributed by atoms with Crippen molar-refractivity contribution < 1.29 is 27.8 Å². The van der Waals surface area contributed by atoms with Gasteiger partial charge in [-0.3, -0.25) is 9.59 Å². The van der Waals surface area contributed by atoms with Gasteiger partial charge in [0.25, 0.3) is 5.91 Å². The van der Waals surface area contributed by atoms with Crippen LogP contribution in [-0.4, -0.2) is 32.1 Å². The van der Waals surface area contributed by atoms with Crippen LogP contribution in [0.2, 0.25) is 0 Å². The Labute approximate surface area is 189 Å². The van der Waals surface area contributed by atoms with Gasteiger partial charge >= 0.3 is 6.61 Å². The Morgan fingerprint density at radius 2 is 1.76 bits per heavy atom. The lowest BCUT2D eigenvalue weighted by molar-refractivity contribution is -0.117. The summed E-state index contributed by atoms with van der Waals surface area (Å²) in [5.41, 5.74) is 1.66. The monoisotopic (exact) mass is 454 g/mol. The summed E-state index contributed by atoms with van der Waals surface area (Å²) < 4.78 is 34.5. The zero-order valence-electron chi connectivity index (χ0n) is 18.1. The number of carbonyl (C=O) groups is 2. The molecule has 0 bridgehead atoms. The van der Waals surface area contributed by atoms with Gasteiger partial charge in [0.2, 0.25) is 5.91 Å². The Kier molecular flexibility index (Phi) is 6.72. The molecule has 0 heterocycles. The van der Waals surface area contributed by atoms with E-state index in [4.69, 9.17) is 4.74 Å². The fraction of sp³-hybridized carbons (Fsp3) is 0.280. The van der Waals surface area contributed by atoms with Crippen molar-refractivity contribution in [1.82, 2.24) is 5.32 Å². The van der Waals surface area contributed by atoms with Crippen molar-refractivity contribution in [1.29, 1.82) is 0 Å². The Morgan fingerprint density at radius 1 is 1.03 bits per heavy atom. The number of anilines is 1. The number of halogens is 2. The first-order valence-electron chi connectivity index (χ1n) is 10.7. The summed E-state index contributed by atoms with van der Waals surface area (Å²) >= 11 is 0. The van der Waals surface area contributed by atoms with E-state index in [1.807, 2.05) is 30.3 Å². The van der Waals surface area contributed by atoms with Crippen molar-refractivity contribution in [2.24, 2.45) is 5.92 Å². The summed E-state index contributed by atoms with van der Waals surface area (Å²) in [5, 5.41) is 7.60. The Bertz CT molecular complexity index is 1180. The number of hydrogen-bond donors (Lipinski definition) is 2. The van der Waals surface area contributed by atoms with Gasteiger partial charge in [0.05, 0.1) is 18.4 Å². The molecule has 1 aliphatic rings. The number of benzene rings is 3. The van der Waals surface area contributed by atoms with Crippen LogP contribution in [0.4, 0.5) is 14.5 Å². The predicted octanol–water partition coefficient (Wildman–Crippen LogP) is 4.77. The SMILES string of the molecule is COc1cc(CCNC(=O)c2cc3ccccc3cc2NC(=O)C2CC2)ccc1OC(F)F. The van der Waals surface area contributed by atoms with Crippen LogP contribution in [0.15, 0.2) is 54.6 Å². The number of amides is 2. The number of nitrogens with one attached hydrogen (secondary N) is 2. The lowest BCUT2D eigenvalue weighted by atomic mass is 10.0. The molecule has 1 fully saturated rings. The molecular formula is C25H24F2N2O4. The predicted molar refractivity (Wildman–Crippen MR) is 121 cm³/mol. The number of carbonyl (C=O) groups excluding carboxylic acids is 2. The van der Waals surface area contributed by atoms with Gasteiger partial charge in [-0.1, -0.05) is 30.3 Å². The van der Waals surface area contributed by atoms with E-state index in [-0.39, 0.29) is 29.2 Å². The Balaban J connectivity index is 1.46. The normalized spacial score (nSPS) is 13.1. The maximum atomic E-state index is 13.0. The second kappa shape index (κ2) is 9.85. The lowest BCUT2D eigenvalue weighted by Crippen LogP contribution is -2.27. The molecule has 0 radical (unpaired) electrons. The van der Waals surface area contributed by atoms with Gasteiger partial charge in [0, 0.05) is 12.5 Å². The zero-order chi connectivity index (χ0) is 23.4. The molecule has 0 atom stereocenters. The molecule has 0 unspecified atom stereocenters. The van der Waals surface area contributed by atoms with E-state index in [0.717, 1.165) is 29.2 Å². The largest absolute Gasteiger partial charge is 0.493 e. The number of rotatable bonds is 9. The first-order chi connectivity index (χ1) is 15.9. The van der Waals surface area contributed by atoms with E-state index >= 15 is 0 Å². The van der Waals surface area contributed by atoms with Crippen molar-refractivity contribution in [2.45, 2.75) is 25.9 Å². The van der Waals surface area contributed by atoms with Crippen molar-refractivity contribution in [2.75, 3.05) is 19.0 Å². The molecule has 0 spiro atoms. The van der Waals surface area contributed by atoms with Crippen LogP contribution >= 0.6 is 0 Å². The third-order valence-electron chi connectivity index (χ3n) is 5.48. The first-order valence-corrected chi connectivity index (χ1v) is 10.7. The second-order valence-electron chi connectivity index (χ2n) is 7.88. The fourth-order valence-corrected chi connectivity index (χ4v) is 3.59. The van der Waals surface area contributed by atoms with Crippen molar-refractivity contribution in [3.63, 3.8) is 0 Å². The van der Waals surface area contributed by atoms with E-state index in [9.17, 15) is 18.4 Å². The maximum absolute atomic E-state index is 13.0. The molecule has 1 saturated carbocycles. The van der Waals surface area contributed by atoms with Gasteiger partial charge in [-0.2, -0.15) is 8.78 Å². The zero-order valence-corrected chi connectivity index (χ0v) is 18.1. The van der Waals surface area contributed by atoms with Gasteiger partial charge in [-0.05, 0) is 59.9 Å². The molecule has 1 aliphatic carbocycles. The minimum Gasteiger partial charge on any atom is -0.493 e. The summed E-state index contributed by atoms with van der Waals surface area (Å²) in [7, 11) is 1.37. The van der Waals surface area contributed by atoms with Crippen LogP contribution in [0.3, 0.4) is 0 Å². The van der Waals surface area contributed by atoms with E-state index in [1.54, 1.807) is 18.2 Å². The summed E-state index contributed by atoms with van der Waals surface area (Å²) in [6.07, 6.45) is 2.19. The molecule has 33 heavy (non-hydrogen) atoms. The minimum absolute atomic E-state index is 0.0133. The number of ether oxygens (including phenoxy) is 2. The van der Waals surface area contributed by atoms with Gasteiger partial charge < -0.3 is 20.1 Å². The molecule has 4 rings (SSSR count). The van der Waals surface area contributed by atoms with Crippen LogP contribution in [0.25, 0.3) is 10.8 Å². The third kappa shape index (κ3) is 5.58. The maximum Gasteiger partial charge on any atom is 0.387 e. The second-order valence-corrected chi connectivity index (χ2v) is 7.88. The summed E-state index contributed by atoms with van der Waals surface area (Å²) in [6, 6.07) is 15.9. The summed E-state index contributed by atoms with van der Waals surface area (Å²) in [5.74, 6) is -0.223. The van der Waals surface area contributed by atoms with Gasteiger partial charge in [0.15, 0.2) is 11.5 Å². The molecule has 8 heteroatoms. The fourth-order valence-electron chi connectivity index (χ4n) is 3.59. The lowest BCUT2D eigenvalue weighted by Gasteiger charge is -2.14. The number of methoxy groups -OCH3 is 1. The van der Waals surface area contributed by atoms with Gasteiger partial charge in [-0.25, -0.2) is 0 Å². The highest BCUT2D eigenvalue weighted by molar-refractivity contribution is 6.08. The van der Waals surface area contributed by atoms with E-state index < -0.39 is 6.61 Å². The highest BCUT2D eigenvalue weighted by Crippen LogP contribution is 2.32. The van der Waals surface area contributed by atoms with Crippen LogP contribution in [0.1, 0.15) is 28.8 Å². The Hall–Kier alpha value is -3.68. The van der Waals surface area contributed by atoms with Crippen molar-refractivity contribution in [3.8, 4) is 11.5 Å². The average molecular weight is 454 g/mol. The molecule has 0 saturated heterocycles. The first kappa shape index (κ1) is 22.5. The third-order valence-corrected chi connectivity index (χ3v) is 5.48. The summed E-state index contributed by atoms with van der Waals surface area (Å²) in [6.45, 7) is -2.64. The molecule has 3 aromatic carbocycles. The molecule has 3 aromatic rings. The smallest absolute Gasteiger partial charge is 0.387 e. The quantitative estimate of drug-likeness (QED) is 0.488. The topological polar surface area (TPSA) is 76.7 Å². The highest BCUT2D eigenvalue weighted by Gasteiger charge is 2.30. The molecule has 0 aliphatic heterocycles. The van der Waals surface area contributed by atoms with Crippen molar-refractivity contribution >= 4 is 28.3 Å². The average Bonchev–Trinajstić information content (AvgIpc) is 3.64. The number of hydrogen-bond acceptors (Lipinski definition) is 4. The van der Waals surface area contributed by atoms with Crippen molar-refractivity contribution in [3.05, 3.63) is 65.7 Å². The van der Waals surface area contributed by atoms with Crippen LogP contribution in [0, 0.1) is 5.92 Å². The molecule has 2 amide bonds. The molecule has 172 valence electrons. The molecule has 6 nitrogen and oxygen atoms in total. The molecule has 0 aromatic heterocycles. The van der Waals surface area contributed by atoms with E-state index in [0.29, 0.717) is 24.2 Å². The molecular weight excluding hydrogens is 430 g/mol. The van der Waals surface area contributed by atoms with Crippen LogP contribution < -0.4 is 20.1 Å². The van der Waals surface area contributed by atoms with Gasteiger partial charge in [0.1, 0.15) is 0 Å². The minimum atomic E-state index is -2.94. The highest BCUT2D eigenvalue weighted by atomic mass is 19.3. The summed E-state index contributed by atoms with van der Waals surface area (Å²) in [4.78, 5) is 25.3. The van der Waals surface area contributed by atoms with Crippen LogP contribution in [-0.2, 0) is 11.2 Å². The standard InChI is InChI=1S/C25H24F2N2O4/c1-32-22-12-15(6-9-21(22)33-25(26)27)10-11-28-24(31)19-13-17-4-2-3-5-18(17)14-20(19)29-23(30)16-7-8-16/h2-6,9,12-14,16,25H,7-8,10-11H2,1H3,(H,28,31)(H,29,30). The Morgan fingerprint density at radius 3 is 2.42 bits per heavy atom. The number of fused-ring (bicyclic) bond motifs is 1.